The zero-order chi connectivity index (χ0) is 24.7. The van der Waals surface area contributed by atoms with Gasteiger partial charge in [0.15, 0.2) is 0 Å². The number of ketones is 2. The molecule has 1 aromatic carbocycles. The lowest BCUT2D eigenvalue weighted by molar-refractivity contribution is -0.165. The molecule has 0 aliphatic rings. The molecule has 0 unspecified atom stereocenters. The molecule has 0 fully saturated rings. The Balaban J connectivity index is 2.65. The summed E-state index contributed by atoms with van der Waals surface area (Å²) in [4.78, 5) is 45.6. The highest BCUT2D eigenvalue weighted by Gasteiger charge is 2.37. The first-order chi connectivity index (χ1) is 14.6. The van der Waals surface area contributed by atoms with Crippen LogP contribution in [0.5, 0.6) is 0 Å². The Labute approximate surface area is 176 Å². The van der Waals surface area contributed by atoms with E-state index in [9.17, 15) is 45.5 Å². The number of rotatable bonds is 8. The number of allylic oxidation sites excluding steroid dienone is 4. The summed E-state index contributed by atoms with van der Waals surface area (Å²) >= 11 is 0. The van der Waals surface area contributed by atoms with Crippen molar-refractivity contribution in [1.29, 1.82) is 0 Å². The molecule has 0 spiro atoms. The molecule has 14 heteroatoms. The van der Waals surface area contributed by atoms with E-state index in [0.717, 1.165) is 13.8 Å². The molecule has 0 radical (unpaired) electrons. The van der Waals surface area contributed by atoms with Gasteiger partial charge in [0.1, 0.15) is 0 Å². The Kier molecular flexibility index (Phi) is 8.56. The van der Waals surface area contributed by atoms with E-state index in [0.29, 0.717) is 0 Å². The summed E-state index contributed by atoms with van der Waals surface area (Å²) in [5.41, 5.74) is 7.76. The maximum Gasteiger partial charge on any atom is 0.454 e. The fraction of sp³-hybridized carbons (Fsp3) is 0.222. The minimum absolute atomic E-state index is 0.0104. The van der Waals surface area contributed by atoms with Crippen LogP contribution < -0.4 is 21.7 Å². The number of halogens is 6. The molecule has 0 aromatic heterocycles. The highest BCUT2D eigenvalue weighted by molar-refractivity contribution is 5.98. The first-order valence-electron chi connectivity index (χ1n) is 8.43. The van der Waals surface area contributed by atoms with Gasteiger partial charge in [-0.2, -0.15) is 26.3 Å². The average molecular weight is 466 g/mol. The molecule has 2 amide bonds. The standard InChI is InChI=1S/C18H16F6N4O4/c1-9(7-13(29)17(19,20)21)25-27-15(31)11-3-5-12(6-4-11)16(32)28-26-10(2)8-14(30)18(22,23)24/h3-8,25-26H,1-2H3,(H,27,31)(H,28,32). The summed E-state index contributed by atoms with van der Waals surface area (Å²) in [5.74, 6) is -5.83. The molecule has 0 saturated heterocycles. The van der Waals surface area contributed by atoms with Crippen molar-refractivity contribution in [1.82, 2.24) is 21.7 Å². The first kappa shape index (κ1) is 26.2. The van der Waals surface area contributed by atoms with Gasteiger partial charge in [0.05, 0.1) is 0 Å². The Morgan fingerprint density at radius 3 is 1.16 bits per heavy atom. The number of hydrogen-bond donors (Lipinski definition) is 4. The van der Waals surface area contributed by atoms with Crippen molar-refractivity contribution in [3.8, 4) is 0 Å². The molecule has 0 saturated carbocycles. The monoisotopic (exact) mass is 466 g/mol. The predicted octanol–water partition coefficient (Wildman–Crippen LogP) is 2.23. The number of carbonyl (C=O) groups excluding carboxylic acids is 4. The molecular formula is C18H16F6N4O4. The molecule has 0 aliphatic heterocycles. The van der Waals surface area contributed by atoms with Gasteiger partial charge in [-0.1, -0.05) is 0 Å². The van der Waals surface area contributed by atoms with Crippen LogP contribution in [0.3, 0.4) is 0 Å². The SMILES string of the molecule is CC(=CC(=O)C(F)(F)F)NNC(=O)c1ccc(C(=O)NNC(C)=CC(=O)C(F)(F)F)cc1. The lowest BCUT2D eigenvalue weighted by Crippen LogP contribution is -2.37. The lowest BCUT2D eigenvalue weighted by Gasteiger charge is -2.11. The Morgan fingerprint density at radius 2 is 0.906 bits per heavy atom. The second-order valence-corrected chi connectivity index (χ2v) is 6.11. The third-order valence-electron chi connectivity index (χ3n) is 3.41. The quantitative estimate of drug-likeness (QED) is 0.265. The van der Waals surface area contributed by atoms with Crippen molar-refractivity contribution in [2.45, 2.75) is 26.2 Å². The van der Waals surface area contributed by atoms with Gasteiger partial charge in [-0.15, -0.1) is 0 Å². The van der Waals surface area contributed by atoms with E-state index in [-0.39, 0.29) is 34.7 Å². The maximum atomic E-state index is 12.2. The molecule has 32 heavy (non-hydrogen) atoms. The second-order valence-electron chi connectivity index (χ2n) is 6.11. The Morgan fingerprint density at radius 1 is 0.625 bits per heavy atom. The molecule has 0 aliphatic carbocycles. The predicted molar refractivity (Wildman–Crippen MR) is 97.3 cm³/mol. The van der Waals surface area contributed by atoms with Crippen LogP contribution in [0.2, 0.25) is 0 Å². The molecule has 174 valence electrons. The van der Waals surface area contributed by atoms with E-state index in [2.05, 4.69) is 21.7 Å². The zero-order valence-corrected chi connectivity index (χ0v) is 16.4. The van der Waals surface area contributed by atoms with E-state index in [1.165, 1.54) is 24.3 Å². The van der Waals surface area contributed by atoms with E-state index in [1.807, 2.05) is 0 Å². The van der Waals surface area contributed by atoms with Crippen molar-refractivity contribution in [2.75, 3.05) is 0 Å². The fourth-order valence-corrected chi connectivity index (χ4v) is 1.86. The van der Waals surface area contributed by atoms with Crippen LogP contribution in [0.4, 0.5) is 26.3 Å². The number of hydrogen-bond acceptors (Lipinski definition) is 6. The van der Waals surface area contributed by atoms with E-state index in [1.54, 1.807) is 0 Å². The van der Waals surface area contributed by atoms with Crippen LogP contribution in [0.15, 0.2) is 47.8 Å². The number of amides is 2. The minimum Gasteiger partial charge on any atom is -0.303 e. The summed E-state index contributed by atoms with van der Waals surface area (Å²) in [7, 11) is 0. The number of nitrogens with one attached hydrogen (secondary N) is 4. The summed E-state index contributed by atoms with van der Waals surface area (Å²) in [6.45, 7) is 2.23. The average Bonchev–Trinajstić information content (AvgIpc) is 2.68. The van der Waals surface area contributed by atoms with Crippen molar-refractivity contribution in [3.05, 3.63) is 58.9 Å². The van der Waals surface area contributed by atoms with Gasteiger partial charge in [-0.25, -0.2) is 0 Å². The molecular weight excluding hydrogens is 450 g/mol. The molecule has 0 bridgehead atoms. The van der Waals surface area contributed by atoms with Crippen LogP contribution in [0, 0.1) is 0 Å². The fourth-order valence-electron chi connectivity index (χ4n) is 1.86. The number of benzene rings is 1. The lowest BCUT2D eigenvalue weighted by atomic mass is 10.1. The smallest absolute Gasteiger partial charge is 0.303 e. The highest BCUT2D eigenvalue weighted by Crippen LogP contribution is 2.17. The van der Waals surface area contributed by atoms with Gasteiger partial charge in [-0.05, 0) is 38.1 Å². The van der Waals surface area contributed by atoms with Crippen LogP contribution in [-0.4, -0.2) is 35.7 Å². The second kappa shape index (κ2) is 10.5. The highest BCUT2D eigenvalue weighted by atomic mass is 19.4. The first-order valence-corrected chi connectivity index (χ1v) is 8.43. The van der Waals surface area contributed by atoms with Gasteiger partial charge in [0.25, 0.3) is 23.4 Å². The molecule has 1 aromatic rings. The number of carbonyl (C=O) groups is 4. The summed E-state index contributed by atoms with van der Waals surface area (Å²) < 4.78 is 73.0. The van der Waals surface area contributed by atoms with Crippen LogP contribution >= 0.6 is 0 Å². The van der Waals surface area contributed by atoms with E-state index < -0.39 is 35.7 Å². The van der Waals surface area contributed by atoms with Crippen molar-refractivity contribution >= 4 is 23.4 Å². The molecule has 0 atom stereocenters. The number of hydrazine groups is 2. The third kappa shape index (κ3) is 8.49. The van der Waals surface area contributed by atoms with Crippen molar-refractivity contribution in [2.24, 2.45) is 0 Å². The molecule has 1 rings (SSSR count). The largest absolute Gasteiger partial charge is 0.454 e. The van der Waals surface area contributed by atoms with Gasteiger partial charge >= 0.3 is 12.4 Å². The maximum absolute atomic E-state index is 12.2. The van der Waals surface area contributed by atoms with Crippen molar-refractivity contribution < 1.29 is 45.5 Å². The molecule has 4 N–H and O–H groups in total. The summed E-state index contributed by atoms with van der Waals surface area (Å²) in [5, 5.41) is 0. The van der Waals surface area contributed by atoms with Crippen LogP contribution in [-0.2, 0) is 9.59 Å². The Bertz CT molecular complexity index is 873. The van der Waals surface area contributed by atoms with Crippen LogP contribution in [0.25, 0.3) is 0 Å². The minimum atomic E-state index is -5.06. The van der Waals surface area contributed by atoms with E-state index in [4.69, 9.17) is 0 Å². The normalized spacial score (nSPS) is 12.6. The van der Waals surface area contributed by atoms with Crippen molar-refractivity contribution in [3.63, 3.8) is 0 Å². The van der Waals surface area contributed by atoms with Gasteiger partial charge in [0.2, 0.25) is 0 Å². The van der Waals surface area contributed by atoms with Crippen LogP contribution in [0.1, 0.15) is 34.6 Å². The van der Waals surface area contributed by atoms with Gasteiger partial charge in [0, 0.05) is 34.7 Å². The van der Waals surface area contributed by atoms with Gasteiger partial charge < -0.3 is 10.9 Å². The van der Waals surface area contributed by atoms with Gasteiger partial charge in [-0.3, -0.25) is 30.0 Å². The van der Waals surface area contributed by atoms with E-state index >= 15 is 0 Å². The zero-order valence-electron chi connectivity index (χ0n) is 16.4. The third-order valence-corrected chi connectivity index (χ3v) is 3.41. The topological polar surface area (TPSA) is 116 Å². The Hall–Kier alpha value is -3.84. The summed E-state index contributed by atoms with van der Waals surface area (Å²) in [6.07, 6.45) is -9.61. The molecule has 8 nitrogen and oxygen atoms in total. The summed E-state index contributed by atoms with van der Waals surface area (Å²) in [6, 6.07) is 4.73. The number of alkyl halides is 6. The molecule has 0 heterocycles.